The minimum absolute atomic E-state index is 0.790. The van der Waals surface area contributed by atoms with Crippen LogP contribution in [0.25, 0.3) is 22.3 Å². The van der Waals surface area contributed by atoms with Crippen LogP contribution >= 0.6 is 0 Å². The van der Waals surface area contributed by atoms with Crippen LogP contribution in [-0.4, -0.2) is 6.54 Å². The Morgan fingerprint density at radius 1 is 0.900 bits per heavy atom. The monoisotopic (exact) mass is 265 g/mol. The molecule has 2 heteroatoms. The predicted octanol–water partition coefficient (Wildman–Crippen LogP) is 4.38. The van der Waals surface area contributed by atoms with Gasteiger partial charge in [-0.25, -0.2) is 0 Å². The molecule has 0 radical (unpaired) electrons. The fraction of sp³-hybridized carbons (Fsp3) is 0.278. The minimum atomic E-state index is 0.790. The second-order valence-electron chi connectivity index (χ2n) is 5.37. The maximum Gasteiger partial charge on any atom is 0.136 e. The van der Waals surface area contributed by atoms with E-state index in [0.717, 1.165) is 34.2 Å². The van der Waals surface area contributed by atoms with Gasteiger partial charge >= 0.3 is 0 Å². The molecule has 1 aromatic rings. The molecule has 20 heavy (non-hydrogen) atoms. The lowest BCUT2D eigenvalue weighted by Gasteiger charge is -2.10. The highest BCUT2D eigenvalue weighted by atomic mass is 16.3. The number of aryl methyl sites for hydroxylation is 3. The van der Waals surface area contributed by atoms with Crippen LogP contribution in [0.5, 0.6) is 0 Å². The van der Waals surface area contributed by atoms with Crippen molar-refractivity contribution in [2.24, 2.45) is 4.99 Å². The van der Waals surface area contributed by atoms with Crippen LogP contribution in [0.15, 0.2) is 39.7 Å². The van der Waals surface area contributed by atoms with Crippen LogP contribution in [-0.2, 0) is 0 Å². The fourth-order valence-electron chi connectivity index (χ4n) is 2.54. The van der Waals surface area contributed by atoms with Crippen molar-refractivity contribution in [3.63, 3.8) is 0 Å². The normalized spacial score (nSPS) is 12.5. The molecule has 0 fully saturated rings. The molecule has 2 aliphatic rings. The van der Waals surface area contributed by atoms with E-state index in [0.29, 0.717) is 0 Å². The largest absolute Gasteiger partial charge is 0.456 e. The second kappa shape index (κ2) is 4.78. The average molecular weight is 265 g/mol. The summed E-state index contributed by atoms with van der Waals surface area (Å²) in [5, 5.41) is 2.17. The molecule has 0 N–H and O–H groups in total. The number of nitrogens with zero attached hydrogens (tertiary/aromatic N) is 1. The van der Waals surface area contributed by atoms with Gasteiger partial charge in [-0.2, -0.15) is 0 Å². The summed E-state index contributed by atoms with van der Waals surface area (Å²) in [4.78, 5) is 4.51. The molecule has 0 bridgehead atoms. The Bertz CT molecular complexity index is 827. The molecule has 1 aliphatic heterocycles. The van der Waals surface area contributed by atoms with E-state index < -0.39 is 0 Å². The van der Waals surface area contributed by atoms with E-state index in [1.54, 1.807) is 0 Å². The molecule has 0 saturated heterocycles. The van der Waals surface area contributed by atoms with Gasteiger partial charge in [0.25, 0.3) is 0 Å². The summed E-state index contributed by atoms with van der Waals surface area (Å²) < 4.78 is 6.06. The summed E-state index contributed by atoms with van der Waals surface area (Å²) in [5.74, 6) is 0.901. The molecule has 102 valence electrons. The van der Waals surface area contributed by atoms with E-state index in [2.05, 4.69) is 50.0 Å². The zero-order chi connectivity index (χ0) is 14.3. The maximum atomic E-state index is 6.06. The third-order valence-electron chi connectivity index (χ3n) is 3.81. The van der Waals surface area contributed by atoms with Gasteiger partial charge in [-0.1, -0.05) is 0 Å². The molecule has 0 atom stereocenters. The van der Waals surface area contributed by atoms with Crippen molar-refractivity contribution >= 4 is 11.0 Å². The molecule has 3 rings (SSSR count). The van der Waals surface area contributed by atoms with E-state index in [1.165, 1.54) is 16.7 Å². The van der Waals surface area contributed by atoms with Crippen molar-refractivity contribution < 1.29 is 4.42 Å². The Hall–Kier alpha value is -2.09. The van der Waals surface area contributed by atoms with Crippen LogP contribution in [0.4, 0.5) is 0 Å². The average Bonchev–Trinajstić information content (AvgIpc) is 2.40. The van der Waals surface area contributed by atoms with Gasteiger partial charge in [0.05, 0.1) is 5.36 Å². The molecule has 1 aliphatic carbocycles. The molecular weight excluding hydrogens is 246 g/mol. The molecule has 0 unspecified atom stereocenters. The standard InChI is InChI=1S/C18H19NO/c1-5-19-16-10-18-15(7-13(16)4)9-14-6-11(2)12(3)8-17(14)20-18/h6-10H,5H2,1-4H3. The first-order valence-electron chi connectivity index (χ1n) is 7.04. The molecule has 0 spiro atoms. The van der Waals surface area contributed by atoms with Crippen LogP contribution in [0, 0.1) is 20.8 Å². The zero-order valence-corrected chi connectivity index (χ0v) is 12.4. The summed E-state index contributed by atoms with van der Waals surface area (Å²) in [6, 6.07) is 10.7. The SMILES string of the molecule is CCN=c1cc2oc3cc(C)c(C)cc3cc-2cc1C. The first kappa shape index (κ1) is 12.9. The number of hydrogen-bond acceptors (Lipinski definition) is 2. The highest BCUT2D eigenvalue weighted by molar-refractivity contribution is 5.84. The van der Waals surface area contributed by atoms with Crippen molar-refractivity contribution in [2.45, 2.75) is 27.7 Å². The third-order valence-corrected chi connectivity index (χ3v) is 3.81. The summed E-state index contributed by atoms with van der Waals surface area (Å²) in [6.45, 7) is 9.18. The molecule has 2 nitrogen and oxygen atoms in total. The Labute approximate surface area is 119 Å². The quantitative estimate of drug-likeness (QED) is 0.599. The lowest BCUT2D eigenvalue weighted by molar-refractivity contribution is 0.617. The van der Waals surface area contributed by atoms with Crippen LogP contribution in [0.2, 0.25) is 0 Å². The van der Waals surface area contributed by atoms with Gasteiger partial charge in [-0.05, 0) is 68.7 Å². The molecular formula is C18H19NO. The molecule has 0 saturated carbocycles. The van der Waals surface area contributed by atoms with Crippen molar-refractivity contribution in [1.29, 1.82) is 0 Å². The molecule has 0 aromatic heterocycles. The molecule has 1 aromatic carbocycles. The van der Waals surface area contributed by atoms with E-state index in [9.17, 15) is 0 Å². The number of hydrogen-bond donors (Lipinski definition) is 0. The molecule has 1 heterocycles. The lowest BCUT2D eigenvalue weighted by atomic mass is 10.0. The van der Waals surface area contributed by atoms with Gasteiger partial charge in [0.1, 0.15) is 11.3 Å². The van der Waals surface area contributed by atoms with Gasteiger partial charge in [0.15, 0.2) is 0 Å². The summed E-state index contributed by atoms with van der Waals surface area (Å²) >= 11 is 0. The predicted molar refractivity (Wildman–Crippen MR) is 83.2 cm³/mol. The summed E-state index contributed by atoms with van der Waals surface area (Å²) in [6.07, 6.45) is 0. The highest BCUT2D eigenvalue weighted by Gasteiger charge is 2.09. The number of fused-ring (bicyclic) bond motifs is 2. The Balaban J connectivity index is 2.37. The second-order valence-corrected chi connectivity index (χ2v) is 5.37. The van der Waals surface area contributed by atoms with Crippen molar-refractivity contribution in [2.75, 3.05) is 6.54 Å². The van der Waals surface area contributed by atoms with E-state index >= 15 is 0 Å². The van der Waals surface area contributed by atoms with E-state index in [4.69, 9.17) is 4.42 Å². The number of benzene rings is 2. The topological polar surface area (TPSA) is 25.5 Å². The zero-order valence-electron chi connectivity index (χ0n) is 12.4. The van der Waals surface area contributed by atoms with Crippen molar-refractivity contribution in [1.82, 2.24) is 0 Å². The van der Waals surface area contributed by atoms with E-state index in [1.807, 2.05) is 13.0 Å². The van der Waals surface area contributed by atoms with Gasteiger partial charge in [0.2, 0.25) is 0 Å². The lowest BCUT2D eigenvalue weighted by Crippen LogP contribution is -2.08. The Morgan fingerprint density at radius 2 is 1.65 bits per heavy atom. The minimum Gasteiger partial charge on any atom is -0.456 e. The smallest absolute Gasteiger partial charge is 0.136 e. The Kier molecular flexibility index (Phi) is 3.09. The van der Waals surface area contributed by atoms with Gasteiger partial charge in [-0.3, -0.25) is 4.99 Å². The highest BCUT2D eigenvalue weighted by Crippen LogP contribution is 2.29. The first-order valence-corrected chi connectivity index (χ1v) is 7.04. The first-order chi connectivity index (χ1) is 9.58. The van der Waals surface area contributed by atoms with Gasteiger partial charge in [0, 0.05) is 23.6 Å². The molecule has 0 amide bonds. The van der Waals surface area contributed by atoms with Crippen molar-refractivity contribution in [3.05, 3.63) is 52.4 Å². The van der Waals surface area contributed by atoms with Gasteiger partial charge in [-0.15, -0.1) is 0 Å². The Morgan fingerprint density at radius 3 is 2.40 bits per heavy atom. The van der Waals surface area contributed by atoms with Gasteiger partial charge < -0.3 is 4.42 Å². The number of rotatable bonds is 1. The third kappa shape index (κ3) is 2.11. The van der Waals surface area contributed by atoms with Crippen LogP contribution in [0.3, 0.4) is 0 Å². The van der Waals surface area contributed by atoms with Crippen LogP contribution < -0.4 is 5.36 Å². The summed E-state index contributed by atoms with van der Waals surface area (Å²) in [7, 11) is 0. The maximum absolute atomic E-state index is 6.06. The van der Waals surface area contributed by atoms with Crippen LogP contribution in [0.1, 0.15) is 23.6 Å². The fourth-order valence-corrected chi connectivity index (χ4v) is 2.54. The van der Waals surface area contributed by atoms with E-state index in [-0.39, 0.29) is 0 Å². The van der Waals surface area contributed by atoms with Crippen molar-refractivity contribution in [3.8, 4) is 11.3 Å². The summed E-state index contributed by atoms with van der Waals surface area (Å²) in [5.41, 5.74) is 5.81.